The molecule has 1 aliphatic heterocycles. The van der Waals surface area contributed by atoms with Crippen molar-refractivity contribution in [2.75, 3.05) is 46.3 Å². The van der Waals surface area contributed by atoms with Gasteiger partial charge in [-0.15, -0.1) is 0 Å². The number of hydrogen-bond donors (Lipinski definition) is 1. The molecule has 1 saturated heterocycles. The fourth-order valence-corrected chi connectivity index (χ4v) is 2.87. The average Bonchev–Trinajstić information content (AvgIpc) is 2.64. The Hall–Kier alpha value is -0.900. The van der Waals surface area contributed by atoms with Gasteiger partial charge in [-0.2, -0.15) is 0 Å². The molecule has 106 valence electrons. The Morgan fingerprint density at radius 2 is 1.84 bits per heavy atom. The predicted octanol–water partition coefficient (Wildman–Crippen LogP) is 1.54. The fourth-order valence-electron chi connectivity index (χ4n) is 2.87. The lowest BCUT2D eigenvalue weighted by molar-refractivity contribution is 0.222. The topological polar surface area (TPSA) is 32.5 Å². The molecule has 19 heavy (non-hydrogen) atoms. The van der Waals surface area contributed by atoms with E-state index in [9.17, 15) is 0 Å². The molecule has 0 spiro atoms. The summed E-state index contributed by atoms with van der Waals surface area (Å²) in [4.78, 5) is 4.99. The van der Waals surface area contributed by atoms with Crippen LogP contribution in [0.2, 0.25) is 0 Å². The molecule has 0 radical (unpaired) electrons. The highest BCUT2D eigenvalue weighted by molar-refractivity contribution is 5.25. The minimum atomic E-state index is 0.0597. The van der Waals surface area contributed by atoms with Crippen LogP contribution in [0.5, 0.6) is 0 Å². The summed E-state index contributed by atoms with van der Waals surface area (Å²) in [5.41, 5.74) is 7.50. The molecule has 1 fully saturated rings. The molecule has 1 aromatic rings. The van der Waals surface area contributed by atoms with Crippen molar-refractivity contribution >= 4 is 0 Å². The molecule has 1 unspecified atom stereocenters. The largest absolute Gasteiger partial charge is 0.330 e. The van der Waals surface area contributed by atoms with Gasteiger partial charge in [-0.1, -0.05) is 37.3 Å². The summed E-state index contributed by atoms with van der Waals surface area (Å²) < 4.78 is 0. The number of likely N-dealkylation sites (N-methyl/N-ethyl adjacent to an activating group) is 1. The fraction of sp³-hybridized carbons (Fsp3) is 0.625. The van der Waals surface area contributed by atoms with Crippen molar-refractivity contribution < 1.29 is 0 Å². The van der Waals surface area contributed by atoms with Gasteiger partial charge in [0.25, 0.3) is 0 Å². The van der Waals surface area contributed by atoms with Gasteiger partial charge >= 0.3 is 0 Å². The quantitative estimate of drug-likeness (QED) is 0.892. The van der Waals surface area contributed by atoms with Crippen molar-refractivity contribution in [3.05, 3.63) is 35.9 Å². The van der Waals surface area contributed by atoms with Gasteiger partial charge in [-0.3, -0.25) is 0 Å². The molecule has 0 saturated carbocycles. The van der Waals surface area contributed by atoms with Crippen LogP contribution in [0.3, 0.4) is 0 Å². The summed E-state index contributed by atoms with van der Waals surface area (Å²) >= 11 is 0. The van der Waals surface area contributed by atoms with Gasteiger partial charge < -0.3 is 15.5 Å². The minimum Gasteiger partial charge on any atom is -0.330 e. The molecule has 0 amide bonds. The first kappa shape index (κ1) is 14.5. The number of nitrogens with zero attached hydrogens (tertiary/aromatic N) is 2. The average molecular weight is 261 g/mol. The third kappa shape index (κ3) is 3.78. The SMILES string of the molecule is CN1CCCN(CC(C)(CN)c2ccccc2)CC1. The van der Waals surface area contributed by atoms with E-state index in [4.69, 9.17) is 5.73 Å². The molecule has 0 aliphatic carbocycles. The first-order valence-corrected chi connectivity index (χ1v) is 7.30. The summed E-state index contributed by atoms with van der Waals surface area (Å²) in [6.07, 6.45) is 1.26. The molecular weight excluding hydrogens is 234 g/mol. The lowest BCUT2D eigenvalue weighted by Gasteiger charge is -2.34. The highest BCUT2D eigenvalue weighted by atomic mass is 15.2. The Bertz CT molecular complexity index is 379. The third-order valence-electron chi connectivity index (χ3n) is 4.31. The first-order chi connectivity index (χ1) is 9.14. The van der Waals surface area contributed by atoms with E-state index in [0.717, 1.165) is 19.6 Å². The smallest absolute Gasteiger partial charge is 0.0174 e. The number of hydrogen-bond acceptors (Lipinski definition) is 3. The molecule has 2 N–H and O–H groups in total. The van der Waals surface area contributed by atoms with Crippen LogP contribution in [0.1, 0.15) is 18.9 Å². The molecule has 1 aliphatic rings. The molecule has 0 aromatic heterocycles. The molecular formula is C16H27N3. The van der Waals surface area contributed by atoms with E-state index in [1.807, 2.05) is 0 Å². The van der Waals surface area contributed by atoms with Crippen molar-refractivity contribution in [2.45, 2.75) is 18.8 Å². The Kier molecular flexibility index (Phi) is 4.97. The van der Waals surface area contributed by atoms with E-state index in [1.54, 1.807) is 0 Å². The number of benzene rings is 1. The molecule has 1 aromatic carbocycles. The van der Waals surface area contributed by atoms with Crippen LogP contribution in [0.4, 0.5) is 0 Å². The molecule has 2 rings (SSSR count). The van der Waals surface area contributed by atoms with Crippen LogP contribution in [0.15, 0.2) is 30.3 Å². The van der Waals surface area contributed by atoms with Gasteiger partial charge in [0.1, 0.15) is 0 Å². The third-order valence-corrected chi connectivity index (χ3v) is 4.31. The highest BCUT2D eigenvalue weighted by Gasteiger charge is 2.28. The van der Waals surface area contributed by atoms with Crippen molar-refractivity contribution in [2.24, 2.45) is 5.73 Å². The zero-order valence-corrected chi connectivity index (χ0v) is 12.3. The maximum atomic E-state index is 6.09. The van der Waals surface area contributed by atoms with Crippen LogP contribution in [0, 0.1) is 0 Å². The van der Waals surface area contributed by atoms with Gasteiger partial charge in [0.2, 0.25) is 0 Å². The number of nitrogens with two attached hydrogens (primary N) is 1. The monoisotopic (exact) mass is 261 g/mol. The first-order valence-electron chi connectivity index (χ1n) is 7.30. The summed E-state index contributed by atoms with van der Waals surface area (Å²) in [6.45, 7) is 8.75. The van der Waals surface area contributed by atoms with E-state index in [2.05, 4.69) is 54.1 Å². The second-order valence-corrected chi connectivity index (χ2v) is 6.06. The molecule has 1 atom stereocenters. The van der Waals surface area contributed by atoms with Crippen LogP contribution >= 0.6 is 0 Å². The Labute approximate surface area is 117 Å². The van der Waals surface area contributed by atoms with E-state index in [-0.39, 0.29) is 5.41 Å². The zero-order valence-electron chi connectivity index (χ0n) is 12.3. The summed E-state index contributed by atoms with van der Waals surface area (Å²) in [6, 6.07) is 10.7. The van der Waals surface area contributed by atoms with Gasteiger partial charge in [-0.05, 0) is 32.1 Å². The van der Waals surface area contributed by atoms with E-state index in [1.165, 1.54) is 25.1 Å². The molecule has 1 heterocycles. The maximum absolute atomic E-state index is 6.09. The Morgan fingerprint density at radius 3 is 2.53 bits per heavy atom. The van der Waals surface area contributed by atoms with Crippen molar-refractivity contribution in [1.82, 2.24) is 9.80 Å². The summed E-state index contributed by atoms with van der Waals surface area (Å²) in [7, 11) is 2.21. The Balaban J connectivity index is 2.06. The lowest BCUT2D eigenvalue weighted by Crippen LogP contribution is -2.45. The van der Waals surface area contributed by atoms with Gasteiger partial charge in [0.15, 0.2) is 0 Å². The molecule has 3 nitrogen and oxygen atoms in total. The number of rotatable bonds is 4. The highest BCUT2D eigenvalue weighted by Crippen LogP contribution is 2.24. The van der Waals surface area contributed by atoms with Crippen LogP contribution in [0.25, 0.3) is 0 Å². The zero-order chi connectivity index (χ0) is 13.7. The standard InChI is InChI=1S/C16H27N3/c1-16(13-17,15-7-4-3-5-8-15)14-19-10-6-9-18(2)11-12-19/h3-5,7-8H,6,9-14,17H2,1-2H3. The second kappa shape index (κ2) is 6.51. The Morgan fingerprint density at radius 1 is 1.11 bits per heavy atom. The van der Waals surface area contributed by atoms with E-state index in [0.29, 0.717) is 6.54 Å². The van der Waals surface area contributed by atoms with E-state index < -0.39 is 0 Å². The normalized spacial score (nSPS) is 21.8. The van der Waals surface area contributed by atoms with Crippen molar-refractivity contribution in [3.8, 4) is 0 Å². The molecule has 0 bridgehead atoms. The van der Waals surface area contributed by atoms with Gasteiger partial charge in [0.05, 0.1) is 0 Å². The van der Waals surface area contributed by atoms with Crippen molar-refractivity contribution in [1.29, 1.82) is 0 Å². The lowest BCUT2D eigenvalue weighted by atomic mass is 9.82. The summed E-state index contributed by atoms with van der Waals surface area (Å²) in [5.74, 6) is 0. The maximum Gasteiger partial charge on any atom is 0.0174 e. The van der Waals surface area contributed by atoms with Gasteiger partial charge in [0, 0.05) is 31.6 Å². The second-order valence-electron chi connectivity index (χ2n) is 6.06. The molecule has 3 heteroatoms. The van der Waals surface area contributed by atoms with E-state index >= 15 is 0 Å². The van der Waals surface area contributed by atoms with Crippen LogP contribution in [-0.2, 0) is 5.41 Å². The van der Waals surface area contributed by atoms with Crippen molar-refractivity contribution in [3.63, 3.8) is 0 Å². The summed E-state index contributed by atoms with van der Waals surface area (Å²) in [5, 5.41) is 0. The van der Waals surface area contributed by atoms with Crippen LogP contribution in [-0.4, -0.2) is 56.1 Å². The minimum absolute atomic E-state index is 0.0597. The van der Waals surface area contributed by atoms with Crippen LogP contribution < -0.4 is 5.73 Å². The van der Waals surface area contributed by atoms with Gasteiger partial charge in [-0.25, -0.2) is 0 Å². The predicted molar refractivity (Wildman–Crippen MR) is 81.4 cm³/mol.